The average molecular weight is 405 g/mol. The van der Waals surface area contributed by atoms with Crippen LogP contribution in [-0.4, -0.2) is 32.9 Å². The molecule has 1 aliphatic rings. The molecule has 0 saturated heterocycles. The number of carbonyl (C=O) groups is 1. The van der Waals surface area contributed by atoms with Crippen LogP contribution in [0.5, 0.6) is 0 Å². The monoisotopic (exact) mass is 404 g/mol. The number of rotatable bonds is 6. The minimum Gasteiger partial charge on any atom is -0.394 e. The van der Waals surface area contributed by atoms with Crippen molar-refractivity contribution in [2.75, 3.05) is 11.9 Å². The van der Waals surface area contributed by atoms with Crippen LogP contribution in [-0.2, 0) is 6.42 Å². The van der Waals surface area contributed by atoms with Gasteiger partial charge in [-0.05, 0) is 37.8 Å². The minimum absolute atomic E-state index is 0.116. The van der Waals surface area contributed by atoms with E-state index in [0.29, 0.717) is 12.0 Å². The van der Waals surface area contributed by atoms with E-state index in [1.54, 1.807) is 6.20 Å². The molecule has 1 aromatic heterocycles. The Balaban J connectivity index is 1.56. The summed E-state index contributed by atoms with van der Waals surface area (Å²) < 4.78 is 1.88. The van der Waals surface area contributed by atoms with E-state index in [0.717, 1.165) is 17.8 Å². The number of fused-ring (bicyclic) bond motifs is 1. The van der Waals surface area contributed by atoms with Crippen LogP contribution in [0, 0.1) is 0 Å². The average Bonchev–Trinajstić information content (AvgIpc) is 3.20. The Morgan fingerprint density at radius 1 is 1.20 bits per heavy atom. The molecule has 6 nitrogen and oxygen atoms in total. The molecule has 3 atom stereocenters. The van der Waals surface area contributed by atoms with Crippen LogP contribution in [0.2, 0.25) is 0 Å². The molecule has 0 spiro atoms. The minimum atomic E-state index is -0.771. The first-order valence-electron chi connectivity index (χ1n) is 10.4. The van der Waals surface area contributed by atoms with Gasteiger partial charge in [-0.2, -0.15) is 5.10 Å². The topological polar surface area (TPSA) is 79.2 Å². The molecule has 2 aromatic carbocycles. The van der Waals surface area contributed by atoms with Gasteiger partial charge in [0.25, 0.3) is 5.91 Å². The summed E-state index contributed by atoms with van der Waals surface area (Å²) >= 11 is 0. The number of aliphatic hydroxyl groups is 1. The first-order valence-corrected chi connectivity index (χ1v) is 10.4. The summed E-state index contributed by atoms with van der Waals surface area (Å²) in [6.45, 7) is 3.81. The normalized spacial score (nSPS) is 20.0. The van der Waals surface area contributed by atoms with Crippen molar-refractivity contribution in [1.29, 1.82) is 0 Å². The zero-order valence-corrected chi connectivity index (χ0v) is 17.4. The van der Waals surface area contributed by atoms with Crippen LogP contribution < -0.4 is 10.6 Å². The first kappa shape index (κ1) is 20.2. The van der Waals surface area contributed by atoms with Gasteiger partial charge in [0.2, 0.25) is 0 Å². The lowest BCUT2D eigenvalue weighted by molar-refractivity contribution is 0.0852. The molecule has 1 aliphatic heterocycles. The summed E-state index contributed by atoms with van der Waals surface area (Å²) in [5.74, 6) is 0.484. The van der Waals surface area contributed by atoms with E-state index in [4.69, 9.17) is 0 Å². The lowest BCUT2D eigenvalue weighted by Crippen LogP contribution is -2.50. The van der Waals surface area contributed by atoms with Crippen molar-refractivity contribution < 1.29 is 9.90 Å². The van der Waals surface area contributed by atoms with Gasteiger partial charge >= 0.3 is 0 Å². The van der Waals surface area contributed by atoms with E-state index in [2.05, 4.69) is 34.8 Å². The number of hydrogen-bond acceptors (Lipinski definition) is 4. The van der Waals surface area contributed by atoms with Crippen molar-refractivity contribution in [2.24, 2.45) is 0 Å². The molecular weight excluding hydrogens is 376 g/mol. The number of carbonyl (C=O) groups excluding carboxylic acids is 1. The molecular formula is C24H28N4O2. The number of nitrogens with zero attached hydrogens (tertiary/aromatic N) is 2. The van der Waals surface area contributed by atoms with Crippen LogP contribution in [0.4, 0.5) is 5.82 Å². The van der Waals surface area contributed by atoms with Crippen molar-refractivity contribution in [3.63, 3.8) is 0 Å². The second kappa shape index (κ2) is 8.32. The molecule has 156 valence electrons. The van der Waals surface area contributed by atoms with Gasteiger partial charge in [0.05, 0.1) is 30.4 Å². The molecule has 0 aliphatic carbocycles. The lowest BCUT2D eigenvalue weighted by atomic mass is 9.93. The van der Waals surface area contributed by atoms with Gasteiger partial charge < -0.3 is 15.7 Å². The zero-order valence-electron chi connectivity index (χ0n) is 17.4. The molecule has 0 bridgehead atoms. The van der Waals surface area contributed by atoms with E-state index in [-0.39, 0.29) is 24.6 Å². The van der Waals surface area contributed by atoms with Crippen LogP contribution in [0.25, 0.3) is 0 Å². The highest BCUT2D eigenvalue weighted by Crippen LogP contribution is 2.36. The molecule has 0 fully saturated rings. The third kappa shape index (κ3) is 4.09. The number of aliphatic hydroxyl groups excluding tert-OH is 1. The van der Waals surface area contributed by atoms with E-state index in [1.165, 1.54) is 5.56 Å². The number of anilines is 1. The van der Waals surface area contributed by atoms with Gasteiger partial charge in [-0.3, -0.25) is 4.79 Å². The molecule has 2 heterocycles. The van der Waals surface area contributed by atoms with E-state index >= 15 is 0 Å². The SMILES string of the molecule is CC1CC(c2ccccc2)Nc2c(C(=O)NC(C)(CO)Cc3ccccc3)cnn21. The second-order valence-electron chi connectivity index (χ2n) is 8.38. The van der Waals surface area contributed by atoms with Crippen LogP contribution in [0.15, 0.2) is 66.9 Å². The largest absolute Gasteiger partial charge is 0.394 e. The lowest BCUT2D eigenvalue weighted by Gasteiger charge is -2.32. The van der Waals surface area contributed by atoms with E-state index < -0.39 is 5.54 Å². The molecule has 30 heavy (non-hydrogen) atoms. The molecule has 1 amide bonds. The molecule has 0 saturated carbocycles. The Kier molecular flexibility index (Phi) is 5.59. The molecule has 3 aromatic rings. The van der Waals surface area contributed by atoms with Crippen LogP contribution in [0.3, 0.4) is 0 Å². The van der Waals surface area contributed by atoms with Gasteiger partial charge in [0.15, 0.2) is 0 Å². The van der Waals surface area contributed by atoms with Gasteiger partial charge in [-0.1, -0.05) is 60.7 Å². The molecule has 6 heteroatoms. The third-order valence-electron chi connectivity index (χ3n) is 5.75. The van der Waals surface area contributed by atoms with E-state index in [1.807, 2.05) is 60.1 Å². The highest BCUT2D eigenvalue weighted by atomic mass is 16.3. The van der Waals surface area contributed by atoms with Crippen molar-refractivity contribution in [1.82, 2.24) is 15.1 Å². The Morgan fingerprint density at radius 3 is 2.53 bits per heavy atom. The Labute approximate surface area is 176 Å². The molecule has 3 unspecified atom stereocenters. The summed E-state index contributed by atoms with van der Waals surface area (Å²) in [6.07, 6.45) is 3.04. The Bertz CT molecular complexity index is 1000. The maximum Gasteiger partial charge on any atom is 0.257 e. The van der Waals surface area contributed by atoms with Crippen molar-refractivity contribution in [2.45, 2.75) is 44.3 Å². The second-order valence-corrected chi connectivity index (χ2v) is 8.38. The van der Waals surface area contributed by atoms with Gasteiger partial charge in [0, 0.05) is 0 Å². The summed E-state index contributed by atoms with van der Waals surface area (Å²) in [5, 5.41) is 21.0. The number of benzene rings is 2. The Hall–Kier alpha value is -3.12. The number of hydrogen-bond donors (Lipinski definition) is 3. The predicted octanol–water partition coefficient (Wildman–Crippen LogP) is 3.72. The fraction of sp³-hybridized carbons (Fsp3) is 0.333. The standard InChI is InChI=1S/C24H28N4O2/c1-17-13-21(19-11-7-4-8-12-19)26-22-20(15-25-28(17)22)23(30)27-24(2,16-29)14-18-9-5-3-6-10-18/h3-12,15,17,21,26,29H,13-14,16H2,1-2H3,(H,27,30). The number of amides is 1. The van der Waals surface area contributed by atoms with Crippen molar-refractivity contribution in [3.8, 4) is 0 Å². The molecule has 0 radical (unpaired) electrons. The van der Waals surface area contributed by atoms with Gasteiger partial charge in [0.1, 0.15) is 11.4 Å². The quantitative estimate of drug-likeness (QED) is 0.585. The first-order chi connectivity index (χ1) is 14.5. The highest BCUT2D eigenvalue weighted by Gasteiger charge is 2.32. The summed E-state index contributed by atoms with van der Waals surface area (Å²) in [4.78, 5) is 13.2. The smallest absolute Gasteiger partial charge is 0.257 e. The fourth-order valence-corrected chi connectivity index (χ4v) is 4.10. The molecule has 3 N–H and O–H groups in total. The van der Waals surface area contributed by atoms with Crippen LogP contribution in [0.1, 0.15) is 53.8 Å². The highest BCUT2D eigenvalue weighted by molar-refractivity contribution is 5.99. The van der Waals surface area contributed by atoms with Crippen LogP contribution >= 0.6 is 0 Å². The van der Waals surface area contributed by atoms with Gasteiger partial charge in [-0.15, -0.1) is 0 Å². The third-order valence-corrected chi connectivity index (χ3v) is 5.75. The number of nitrogens with one attached hydrogen (secondary N) is 2. The van der Waals surface area contributed by atoms with Crippen molar-refractivity contribution >= 4 is 11.7 Å². The number of aromatic nitrogens is 2. The zero-order chi connectivity index (χ0) is 21.1. The van der Waals surface area contributed by atoms with Crippen molar-refractivity contribution in [3.05, 3.63) is 83.6 Å². The summed E-state index contributed by atoms with van der Waals surface area (Å²) in [7, 11) is 0. The predicted molar refractivity (Wildman–Crippen MR) is 117 cm³/mol. The van der Waals surface area contributed by atoms with E-state index in [9.17, 15) is 9.90 Å². The maximum absolute atomic E-state index is 13.2. The van der Waals surface area contributed by atoms with Gasteiger partial charge in [-0.25, -0.2) is 4.68 Å². The summed E-state index contributed by atoms with van der Waals surface area (Å²) in [6, 6.07) is 20.4. The fourth-order valence-electron chi connectivity index (χ4n) is 4.10. The maximum atomic E-state index is 13.2. The molecule has 4 rings (SSSR count). The Morgan fingerprint density at radius 2 is 1.87 bits per heavy atom. The summed E-state index contributed by atoms with van der Waals surface area (Å²) in [5.41, 5.74) is 1.97.